The molecule has 0 aliphatic heterocycles. The smallest absolute Gasteiger partial charge is 0.219 e. The van der Waals surface area contributed by atoms with E-state index in [0.29, 0.717) is 12.5 Å². The molecule has 1 unspecified atom stereocenters. The zero-order valence-corrected chi connectivity index (χ0v) is 13.6. The SMILES string of the molecule is CCN(CC)C(CNCCCC(=O)NC)c1ccccc1. The summed E-state index contributed by atoms with van der Waals surface area (Å²) in [7, 11) is 1.68. The van der Waals surface area contributed by atoms with Gasteiger partial charge in [0.05, 0.1) is 0 Å². The summed E-state index contributed by atoms with van der Waals surface area (Å²) in [6.45, 7) is 8.26. The highest BCUT2D eigenvalue weighted by atomic mass is 16.1. The van der Waals surface area contributed by atoms with Gasteiger partial charge in [-0.2, -0.15) is 0 Å². The zero-order chi connectivity index (χ0) is 15.5. The minimum absolute atomic E-state index is 0.111. The van der Waals surface area contributed by atoms with E-state index in [2.05, 4.69) is 59.7 Å². The summed E-state index contributed by atoms with van der Waals surface area (Å²) < 4.78 is 0. The van der Waals surface area contributed by atoms with Crippen molar-refractivity contribution in [3.8, 4) is 0 Å². The molecule has 0 aliphatic carbocycles. The van der Waals surface area contributed by atoms with Crippen molar-refractivity contribution in [1.29, 1.82) is 0 Å². The third-order valence-corrected chi connectivity index (χ3v) is 3.81. The topological polar surface area (TPSA) is 44.4 Å². The number of hydrogen-bond donors (Lipinski definition) is 2. The molecule has 0 saturated heterocycles. The lowest BCUT2D eigenvalue weighted by molar-refractivity contribution is -0.120. The van der Waals surface area contributed by atoms with Crippen LogP contribution in [-0.4, -0.2) is 44.0 Å². The van der Waals surface area contributed by atoms with Crippen LogP contribution in [0.2, 0.25) is 0 Å². The average Bonchev–Trinajstić information content (AvgIpc) is 2.54. The fourth-order valence-corrected chi connectivity index (χ4v) is 2.54. The Balaban J connectivity index is 2.49. The highest BCUT2D eigenvalue weighted by molar-refractivity contribution is 5.75. The van der Waals surface area contributed by atoms with E-state index in [1.807, 2.05) is 0 Å². The van der Waals surface area contributed by atoms with Crippen molar-refractivity contribution in [3.63, 3.8) is 0 Å². The third kappa shape index (κ3) is 6.27. The van der Waals surface area contributed by atoms with Crippen molar-refractivity contribution in [3.05, 3.63) is 35.9 Å². The number of rotatable bonds is 10. The first-order valence-corrected chi connectivity index (χ1v) is 7.93. The lowest BCUT2D eigenvalue weighted by atomic mass is 10.1. The van der Waals surface area contributed by atoms with Crippen molar-refractivity contribution >= 4 is 5.91 Å². The molecule has 0 radical (unpaired) electrons. The zero-order valence-electron chi connectivity index (χ0n) is 13.6. The highest BCUT2D eigenvalue weighted by Crippen LogP contribution is 2.19. The molecule has 1 amide bonds. The summed E-state index contributed by atoms with van der Waals surface area (Å²) in [5.41, 5.74) is 1.35. The van der Waals surface area contributed by atoms with Gasteiger partial charge in [0.1, 0.15) is 0 Å². The molecule has 0 fully saturated rings. The Morgan fingerprint density at radius 3 is 2.43 bits per heavy atom. The van der Waals surface area contributed by atoms with E-state index in [-0.39, 0.29) is 5.91 Å². The van der Waals surface area contributed by atoms with Crippen LogP contribution in [0.3, 0.4) is 0 Å². The number of benzene rings is 1. The van der Waals surface area contributed by atoms with Gasteiger partial charge in [0.15, 0.2) is 0 Å². The Bertz CT molecular complexity index is 390. The molecule has 1 rings (SSSR count). The van der Waals surface area contributed by atoms with E-state index in [0.717, 1.165) is 32.6 Å². The van der Waals surface area contributed by atoms with E-state index in [4.69, 9.17) is 0 Å². The van der Waals surface area contributed by atoms with Gasteiger partial charge >= 0.3 is 0 Å². The van der Waals surface area contributed by atoms with Gasteiger partial charge in [0, 0.05) is 26.1 Å². The molecule has 21 heavy (non-hydrogen) atoms. The maximum Gasteiger partial charge on any atom is 0.219 e. The molecular weight excluding hydrogens is 262 g/mol. The van der Waals surface area contributed by atoms with Crippen molar-refractivity contribution in [1.82, 2.24) is 15.5 Å². The van der Waals surface area contributed by atoms with Crippen LogP contribution in [0.4, 0.5) is 0 Å². The Hall–Kier alpha value is -1.39. The maximum atomic E-state index is 11.2. The van der Waals surface area contributed by atoms with Crippen molar-refractivity contribution < 1.29 is 4.79 Å². The summed E-state index contributed by atoms with van der Waals surface area (Å²) in [5, 5.41) is 6.14. The van der Waals surface area contributed by atoms with Gasteiger partial charge in [-0.15, -0.1) is 0 Å². The maximum absolute atomic E-state index is 11.2. The Labute approximate surface area is 128 Å². The molecule has 0 saturated carbocycles. The van der Waals surface area contributed by atoms with E-state index in [1.165, 1.54) is 5.56 Å². The summed E-state index contributed by atoms with van der Waals surface area (Å²) in [4.78, 5) is 13.6. The van der Waals surface area contributed by atoms with Crippen LogP contribution >= 0.6 is 0 Å². The second-order valence-electron chi connectivity index (χ2n) is 5.13. The summed E-state index contributed by atoms with van der Waals surface area (Å²) in [6, 6.07) is 11.0. The number of carbonyl (C=O) groups excluding carboxylic acids is 1. The standard InChI is InChI=1S/C17H29N3O/c1-4-20(5-2)16(15-10-7-6-8-11-15)14-19-13-9-12-17(21)18-3/h6-8,10-11,16,19H,4-5,9,12-14H2,1-3H3,(H,18,21). The average molecular weight is 291 g/mol. The third-order valence-electron chi connectivity index (χ3n) is 3.81. The fraction of sp³-hybridized carbons (Fsp3) is 0.588. The van der Waals surface area contributed by atoms with Gasteiger partial charge in [0.2, 0.25) is 5.91 Å². The summed E-state index contributed by atoms with van der Waals surface area (Å²) in [5.74, 6) is 0.111. The van der Waals surface area contributed by atoms with Gasteiger partial charge < -0.3 is 10.6 Å². The molecule has 0 heterocycles. The minimum Gasteiger partial charge on any atom is -0.359 e. The van der Waals surface area contributed by atoms with E-state index in [1.54, 1.807) is 7.05 Å². The van der Waals surface area contributed by atoms with Gasteiger partial charge in [-0.25, -0.2) is 0 Å². The largest absolute Gasteiger partial charge is 0.359 e. The van der Waals surface area contributed by atoms with Crippen LogP contribution in [0, 0.1) is 0 Å². The van der Waals surface area contributed by atoms with Crippen molar-refractivity contribution in [2.75, 3.05) is 33.2 Å². The number of carbonyl (C=O) groups is 1. The highest BCUT2D eigenvalue weighted by Gasteiger charge is 2.16. The molecule has 1 atom stereocenters. The van der Waals surface area contributed by atoms with E-state index in [9.17, 15) is 4.79 Å². The Kier molecular flexibility index (Phi) is 8.71. The molecule has 0 aliphatic rings. The van der Waals surface area contributed by atoms with Gasteiger partial charge in [-0.05, 0) is 31.6 Å². The monoisotopic (exact) mass is 291 g/mol. The normalized spacial score (nSPS) is 12.4. The van der Waals surface area contributed by atoms with E-state index >= 15 is 0 Å². The van der Waals surface area contributed by atoms with Crippen LogP contribution in [0.5, 0.6) is 0 Å². The number of nitrogens with one attached hydrogen (secondary N) is 2. The lowest BCUT2D eigenvalue weighted by Crippen LogP contribution is -2.36. The Morgan fingerprint density at radius 1 is 1.19 bits per heavy atom. The molecule has 1 aromatic rings. The second-order valence-corrected chi connectivity index (χ2v) is 5.13. The molecule has 0 bridgehead atoms. The van der Waals surface area contributed by atoms with Crippen LogP contribution in [0.1, 0.15) is 38.3 Å². The van der Waals surface area contributed by atoms with E-state index < -0.39 is 0 Å². The fourth-order valence-electron chi connectivity index (χ4n) is 2.54. The molecule has 1 aromatic carbocycles. The predicted octanol–water partition coefficient (Wildman–Crippen LogP) is 2.19. The van der Waals surface area contributed by atoms with Gasteiger partial charge in [-0.1, -0.05) is 44.2 Å². The molecule has 118 valence electrons. The molecule has 0 spiro atoms. The van der Waals surface area contributed by atoms with Crippen LogP contribution in [0.15, 0.2) is 30.3 Å². The first kappa shape index (κ1) is 17.7. The van der Waals surface area contributed by atoms with Crippen molar-refractivity contribution in [2.24, 2.45) is 0 Å². The van der Waals surface area contributed by atoms with Crippen LogP contribution in [0.25, 0.3) is 0 Å². The van der Waals surface area contributed by atoms with Gasteiger partial charge in [0.25, 0.3) is 0 Å². The second kappa shape index (κ2) is 10.4. The molecule has 0 aromatic heterocycles. The Morgan fingerprint density at radius 2 is 1.86 bits per heavy atom. The summed E-state index contributed by atoms with van der Waals surface area (Å²) in [6.07, 6.45) is 1.46. The van der Waals surface area contributed by atoms with Gasteiger partial charge in [-0.3, -0.25) is 9.69 Å². The first-order chi connectivity index (χ1) is 10.2. The lowest BCUT2D eigenvalue weighted by Gasteiger charge is -2.30. The molecule has 4 heteroatoms. The summed E-state index contributed by atoms with van der Waals surface area (Å²) >= 11 is 0. The minimum atomic E-state index is 0.111. The number of nitrogens with zero attached hydrogens (tertiary/aromatic N) is 1. The number of likely N-dealkylation sites (N-methyl/N-ethyl adjacent to an activating group) is 1. The first-order valence-electron chi connectivity index (χ1n) is 7.93. The predicted molar refractivity (Wildman–Crippen MR) is 88.3 cm³/mol. The van der Waals surface area contributed by atoms with Crippen LogP contribution in [-0.2, 0) is 4.79 Å². The number of hydrogen-bond acceptors (Lipinski definition) is 3. The molecular formula is C17H29N3O. The van der Waals surface area contributed by atoms with Crippen molar-refractivity contribution in [2.45, 2.75) is 32.7 Å². The quantitative estimate of drug-likeness (QED) is 0.650. The number of amides is 1. The molecule has 4 nitrogen and oxygen atoms in total. The molecule has 2 N–H and O–H groups in total. The van der Waals surface area contributed by atoms with Crippen LogP contribution < -0.4 is 10.6 Å².